The van der Waals surface area contributed by atoms with Crippen molar-refractivity contribution in [1.29, 1.82) is 0 Å². The van der Waals surface area contributed by atoms with Crippen molar-refractivity contribution < 1.29 is 13.6 Å². The molecule has 1 atom stereocenters. The van der Waals surface area contributed by atoms with Gasteiger partial charge in [-0.25, -0.2) is 13.8 Å². The topological polar surface area (TPSA) is 99.1 Å². The van der Waals surface area contributed by atoms with Crippen LogP contribution in [0, 0.1) is 5.82 Å². The summed E-state index contributed by atoms with van der Waals surface area (Å²) in [5, 5.41) is 6.47. The Morgan fingerprint density at radius 3 is 2.47 bits per heavy atom. The minimum absolute atomic E-state index is 0.0139. The van der Waals surface area contributed by atoms with E-state index in [1.807, 2.05) is 0 Å². The Morgan fingerprint density at radius 2 is 1.78 bits per heavy atom. The van der Waals surface area contributed by atoms with Gasteiger partial charge in [0.15, 0.2) is 0 Å². The van der Waals surface area contributed by atoms with Crippen molar-refractivity contribution in [2.75, 3.05) is 0 Å². The van der Waals surface area contributed by atoms with Crippen LogP contribution in [0.1, 0.15) is 34.8 Å². The van der Waals surface area contributed by atoms with Crippen LogP contribution in [0.15, 0.2) is 87.0 Å². The van der Waals surface area contributed by atoms with Gasteiger partial charge in [0.05, 0.1) is 18.8 Å². The summed E-state index contributed by atoms with van der Waals surface area (Å²) in [7, 11) is 0. The van der Waals surface area contributed by atoms with Crippen molar-refractivity contribution >= 4 is 5.91 Å². The number of nitrogens with zero attached hydrogens (tertiary/aromatic N) is 3. The first kappa shape index (κ1) is 21.0. The van der Waals surface area contributed by atoms with E-state index in [1.165, 1.54) is 24.5 Å². The molecule has 2 aromatic carbocycles. The summed E-state index contributed by atoms with van der Waals surface area (Å²) in [5.74, 6) is -1.06. The Balaban J connectivity index is 1.87. The number of rotatable bonds is 6. The van der Waals surface area contributed by atoms with E-state index in [9.17, 15) is 18.8 Å². The molecule has 1 amide bonds. The van der Waals surface area contributed by atoms with E-state index < -0.39 is 34.7 Å². The number of amides is 1. The van der Waals surface area contributed by atoms with E-state index in [-0.39, 0.29) is 12.2 Å². The SMILES string of the molecule is C[C@@H](c1ccccc1)n1c(=O)c(C(=O)NCc2ccco2)nn(-c2ccccc2F)c1=O. The number of hydrogen-bond donors (Lipinski definition) is 1. The van der Waals surface area contributed by atoms with Gasteiger partial charge in [-0.15, -0.1) is 0 Å². The third kappa shape index (κ3) is 4.00. The fraction of sp³-hybridized carbons (Fsp3) is 0.130. The number of benzene rings is 2. The van der Waals surface area contributed by atoms with Crippen LogP contribution in [-0.2, 0) is 6.54 Å². The number of furan rings is 1. The smallest absolute Gasteiger partial charge is 0.352 e. The van der Waals surface area contributed by atoms with Gasteiger partial charge in [0.1, 0.15) is 17.3 Å². The Hall–Kier alpha value is -4.27. The van der Waals surface area contributed by atoms with E-state index >= 15 is 0 Å². The molecule has 4 rings (SSSR count). The van der Waals surface area contributed by atoms with Crippen LogP contribution >= 0.6 is 0 Å². The van der Waals surface area contributed by atoms with Gasteiger partial charge in [-0.1, -0.05) is 42.5 Å². The van der Waals surface area contributed by atoms with Gasteiger partial charge in [-0.2, -0.15) is 9.78 Å². The number of hydrogen-bond acceptors (Lipinski definition) is 5. The lowest BCUT2D eigenvalue weighted by molar-refractivity contribution is 0.0938. The summed E-state index contributed by atoms with van der Waals surface area (Å²) in [6.45, 7) is 1.66. The fourth-order valence-corrected chi connectivity index (χ4v) is 3.30. The first-order chi connectivity index (χ1) is 15.5. The van der Waals surface area contributed by atoms with Crippen LogP contribution < -0.4 is 16.6 Å². The molecule has 0 spiro atoms. The molecule has 8 nitrogen and oxygen atoms in total. The highest BCUT2D eigenvalue weighted by atomic mass is 19.1. The molecule has 1 N–H and O–H groups in total. The van der Waals surface area contributed by atoms with Crippen LogP contribution in [0.2, 0.25) is 0 Å². The van der Waals surface area contributed by atoms with Crippen molar-refractivity contribution in [1.82, 2.24) is 19.7 Å². The minimum atomic E-state index is -0.879. The normalized spacial score (nSPS) is 11.8. The van der Waals surface area contributed by atoms with Crippen molar-refractivity contribution in [2.45, 2.75) is 19.5 Å². The average Bonchev–Trinajstić information content (AvgIpc) is 3.33. The minimum Gasteiger partial charge on any atom is -0.467 e. The lowest BCUT2D eigenvalue weighted by Gasteiger charge is -2.18. The van der Waals surface area contributed by atoms with Gasteiger partial charge in [0, 0.05) is 0 Å². The summed E-state index contributed by atoms with van der Waals surface area (Å²) >= 11 is 0. The molecule has 0 aliphatic carbocycles. The van der Waals surface area contributed by atoms with Crippen LogP contribution in [0.3, 0.4) is 0 Å². The van der Waals surface area contributed by atoms with Crippen molar-refractivity contribution in [2.24, 2.45) is 0 Å². The summed E-state index contributed by atoms with van der Waals surface area (Å²) in [4.78, 5) is 39.2. The average molecular weight is 434 g/mol. The first-order valence-electron chi connectivity index (χ1n) is 9.83. The Morgan fingerprint density at radius 1 is 1.06 bits per heavy atom. The first-order valence-corrected chi connectivity index (χ1v) is 9.83. The number of para-hydroxylation sites is 1. The zero-order chi connectivity index (χ0) is 22.7. The van der Waals surface area contributed by atoms with Gasteiger partial charge >= 0.3 is 5.69 Å². The Bertz CT molecular complexity index is 1360. The second kappa shape index (κ2) is 8.84. The molecule has 0 radical (unpaired) electrons. The van der Waals surface area contributed by atoms with Crippen molar-refractivity contribution in [3.8, 4) is 5.69 Å². The summed E-state index contributed by atoms with van der Waals surface area (Å²) < 4.78 is 21.3. The number of nitrogens with one attached hydrogen (secondary N) is 1. The molecular formula is C23H19FN4O4. The fourth-order valence-electron chi connectivity index (χ4n) is 3.30. The highest BCUT2D eigenvalue weighted by Crippen LogP contribution is 2.15. The van der Waals surface area contributed by atoms with Crippen LogP contribution in [0.5, 0.6) is 0 Å². The van der Waals surface area contributed by atoms with E-state index in [4.69, 9.17) is 4.42 Å². The van der Waals surface area contributed by atoms with E-state index in [2.05, 4.69) is 10.4 Å². The third-order valence-corrected chi connectivity index (χ3v) is 4.98. The molecule has 32 heavy (non-hydrogen) atoms. The molecule has 0 bridgehead atoms. The van der Waals surface area contributed by atoms with E-state index in [0.29, 0.717) is 11.3 Å². The molecule has 0 saturated heterocycles. The number of carbonyl (C=O) groups is 1. The Kier molecular flexibility index (Phi) is 5.80. The van der Waals surface area contributed by atoms with Crippen molar-refractivity contribution in [3.05, 3.63) is 117 Å². The van der Waals surface area contributed by atoms with Crippen LogP contribution in [-0.4, -0.2) is 20.3 Å². The summed E-state index contributed by atoms with van der Waals surface area (Å²) in [6.07, 6.45) is 1.45. The molecule has 2 aromatic heterocycles. The highest BCUT2D eigenvalue weighted by molar-refractivity contribution is 5.91. The maximum Gasteiger partial charge on any atom is 0.352 e. The summed E-state index contributed by atoms with van der Waals surface area (Å²) in [6, 6.07) is 16.9. The molecule has 0 unspecified atom stereocenters. The van der Waals surface area contributed by atoms with Gasteiger partial charge < -0.3 is 9.73 Å². The van der Waals surface area contributed by atoms with E-state index in [1.54, 1.807) is 49.4 Å². The third-order valence-electron chi connectivity index (χ3n) is 4.98. The molecule has 2 heterocycles. The van der Waals surface area contributed by atoms with Crippen LogP contribution in [0.25, 0.3) is 5.69 Å². The molecule has 9 heteroatoms. The van der Waals surface area contributed by atoms with Gasteiger partial charge in [-0.3, -0.25) is 9.59 Å². The largest absolute Gasteiger partial charge is 0.467 e. The quantitative estimate of drug-likeness (QED) is 0.503. The standard InChI is InChI=1S/C23H19FN4O4/c1-15(16-8-3-2-4-9-16)27-22(30)20(21(29)25-14-17-10-7-13-32-17)26-28(23(27)31)19-12-6-5-11-18(19)24/h2-13,15H,14H2,1H3,(H,25,29)/t15-/m0/s1. The molecule has 0 aliphatic rings. The monoisotopic (exact) mass is 434 g/mol. The molecular weight excluding hydrogens is 415 g/mol. The second-order valence-corrected chi connectivity index (χ2v) is 7.02. The van der Waals surface area contributed by atoms with Crippen LogP contribution in [0.4, 0.5) is 4.39 Å². The maximum atomic E-state index is 14.5. The number of aromatic nitrogens is 3. The Labute approximate surface area is 181 Å². The molecule has 0 fully saturated rings. The second-order valence-electron chi connectivity index (χ2n) is 7.02. The molecule has 4 aromatic rings. The van der Waals surface area contributed by atoms with E-state index in [0.717, 1.165) is 15.3 Å². The predicted octanol–water partition coefficient (Wildman–Crippen LogP) is 2.67. The summed E-state index contributed by atoms with van der Waals surface area (Å²) in [5.41, 5.74) is -1.79. The lowest BCUT2D eigenvalue weighted by atomic mass is 10.1. The van der Waals surface area contributed by atoms with Gasteiger partial charge in [0.25, 0.3) is 11.5 Å². The predicted molar refractivity (Wildman–Crippen MR) is 114 cm³/mol. The zero-order valence-electron chi connectivity index (χ0n) is 17.1. The van der Waals surface area contributed by atoms with Gasteiger partial charge in [-0.05, 0) is 36.8 Å². The number of halogens is 1. The van der Waals surface area contributed by atoms with Gasteiger partial charge in [0.2, 0.25) is 5.69 Å². The molecule has 0 saturated carbocycles. The van der Waals surface area contributed by atoms with Crippen molar-refractivity contribution in [3.63, 3.8) is 0 Å². The zero-order valence-corrected chi connectivity index (χ0v) is 17.1. The lowest BCUT2D eigenvalue weighted by Crippen LogP contribution is -2.47. The number of carbonyl (C=O) groups excluding carboxylic acids is 1. The maximum absolute atomic E-state index is 14.5. The molecule has 0 aliphatic heterocycles. The molecule has 162 valence electrons. The highest BCUT2D eigenvalue weighted by Gasteiger charge is 2.24.